The van der Waals surface area contributed by atoms with E-state index in [-0.39, 0.29) is 21.5 Å². The van der Waals surface area contributed by atoms with Gasteiger partial charge in [0.2, 0.25) is 9.03 Å². The van der Waals surface area contributed by atoms with Gasteiger partial charge in [0.25, 0.3) is 0 Å². The van der Waals surface area contributed by atoms with Crippen molar-refractivity contribution < 1.29 is 13.8 Å². The van der Waals surface area contributed by atoms with Gasteiger partial charge in [0.15, 0.2) is 5.60 Å². The lowest BCUT2D eigenvalue weighted by Gasteiger charge is -2.24. The van der Waals surface area contributed by atoms with Gasteiger partial charge >= 0.3 is 0 Å². The molecule has 0 bridgehead atoms. The molecular formula is C18H21ClN5O3P. The summed E-state index contributed by atoms with van der Waals surface area (Å²) in [6.07, 6.45) is 1.82. The highest BCUT2D eigenvalue weighted by Crippen LogP contribution is 2.30. The molecule has 8 nitrogen and oxygen atoms in total. The van der Waals surface area contributed by atoms with E-state index in [1.54, 1.807) is 24.3 Å². The number of nitrogens with one attached hydrogen (secondary N) is 2. The number of nitrogens with two attached hydrogens (primary N) is 1. The van der Waals surface area contributed by atoms with Crippen molar-refractivity contribution in [3.63, 3.8) is 0 Å². The number of benzene rings is 1. The molecule has 0 fully saturated rings. The molecule has 10 heteroatoms. The highest BCUT2D eigenvalue weighted by atomic mass is 35.5. The third-order valence-electron chi connectivity index (χ3n) is 3.97. The third-order valence-corrected chi connectivity index (χ3v) is 4.85. The fourth-order valence-electron chi connectivity index (χ4n) is 2.33. The molecular weight excluding hydrogens is 401 g/mol. The minimum atomic E-state index is -1.11. The van der Waals surface area contributed by atoms with Crippen LogP contribution >= 0.6 is 20.6 Å². The zero-order valence-corrected chi connectivity index (χ0v) is 17.0. The molecule has 2 aromatic rings. The zero-order chi connectivity index (χ0) is 20.4. The molecule has 0 saturated carbocycles. The smallest absolute Gasteiger partial charge is 0.215 e. The number of aryl methyl sites for hydroxylation is 1. The van der Waals surface area contributed by atoms with E-state index in [1.807, 2.05) is 12.1 Å². The topological polar surface area (TPSA) is 130 Å². The Balaban J connectivity index is 1.89. The molecule has 0 radical (unpaired) electrons. The molecule has 2 rings (SSSR count). The Morgan fingerprint density at radius 2 is 2.21 bits per heavy atom. The molecule has 28 heavy (non-hydrogen) atoms. The number of aromatic amines is 1. The Morgan fingerprint density at radius 3 is 2.89 bits per heavy atom. The lowest BCUT2D eigenvalue weighted by atomic mass is 9.99. The number of para-hydroxylation sites is 1. The molecule has 0 amide bonds. The van der Waals surface area contributed by atoms with E-state index in [4.69, 9.17) is 36.5 Å². The predicted octanol–water partition coefficient (Wildman–Crippen LogP) is 3.43. The first-order valence-corrected chi connectivity index (χ1v) is 9.48. The SMILES string of the molecule is COC(C#N)(CCc1ccc(C(N)=NC=N)[nH]1)COPOc1ccccc1Cl. The first-order valence-electron chi connectivity index (χ1n) is 8.28. The number of aliphatic imine (C=N–C) groups is 1. The maximum absolute atomic E-state index is 9.59. The van der Waals surface area contributed by atoms with Crippen LogP contribution in [0.15, 0.2) is 41.4 Å². The first kappa shape index (κ1) is 21.9. The summed E-state index contributed by atoms with van der Waals surface area (Å²) in [5.41, 5.74) is 6.11. The van der Waals surface area contributed by atoms with Crippen LogP contribution in [0.5, 0.6) is 5.75 Å². The van der Waals surface area contributed by atoms with Gasteiger partial charge in [-0.2, -0.15) is 5.26 Å². The Hall–Kier alpha value is -2.43. The average molecular weight is 422 g/mol. The van der Waals surface area contributed by atoms with Gasteiger partial charge in [-0.25, -0.2) is 4.99 Å². The third kappa shape index (κ3) is 6.04. The quantitative estimate of drug-likeness (QED) is 0.221. The Labute approximate surface area is 170 Å². The van der Waals surface area contributed by atoms with Crippen molar-refractivity contribution in [2.24, 2.45) is 10.7 Å². The first-order chi connectivity index (χ1) is 13.5. The van der Waals surface area contributed by atoms with E-state index < -0.39 is 5.60 Å². The van der Waals surface area contributed by atoms with E-state index >= 15 is 0 Å². The second-order valence-corrected chi connectivity index (χ2v) is 6.82. The lowest BCUT2D eigenvalue weighted by molar-refractivity contribution is -0.00352. The van der Waals surface area contributed by atoms with E-state index in [1.165, 1.54) is 7.11 Å². The molecule has 0 aliphatic rings. The second kappa shape index (κ2) is 10.8. The van der Waals surface area contributed by atoms with Crippen LogP contribution in [0.4, 0.5) is 0 Å². The fourth-order valence-corrected chi connectivity index (χ4v) is 3.18. The maximum atomic E-state index is 9.59. The lowest BCUT2D eigenvalue weighted by Crippen LogP contribution is -2.35. The molecule has 1 heterocycles. The van der Waals surface area contributed by atoms with Gasteiger partial charge in [-0.1, -0.05) is 23.7 Å². The minimum Gasteiger partial charge on any atom is -0.448 e. The molecule has 0 aliphatic heterocycles. The summed E-state index contributed by atoms with van der Waals surface area (Å²) >= 11 is 6.02. The molecule has 0 saturated heterocycles. The van der Waals surface area contributed by atoms with E-state index in [2.05, 4.69) is 16.0 Å². The molecule has 1 aromatic carbocycles. The zero-order valence-electron chi connectivity index (χ0n) is 15.2. The number of hydrogen-bond donors (Lipinski definition) is 3. The van der Waals surface area contributed by atoms with E-state index in [0.717, 1.165) is 12.0 Å². The predicted molar refractivity (Wildman–Crippen MR) is 110 cm³/mol. The monoisotopic (exact) mass is 421 g/mol. The molecule has 0 aliphatic carbocycles. The van der Waals surface area contributed by atoms with Crippen LogP contribution in [0, 0.1) is 16.7 Å². The largest absolute Gasteiger partial charge is 0.448 e. The summed E-state index contributed by atoms with van der Waals surface area (Å²) < 4.78 is 16.4. The van der Waals surface area contributed by atoms with E-state index in [0.29, 0.717) is 29.3 Å². The number of aromatic nitrogens is 1. The van der Waals surface area contributed by atoms with Gasteiger partial charge in [-0.15, -0.1) is 0 Å². The van der Waals surface area contributed by atoms with Crippen LogP contribution in [0.3, 0.4) is 0 Å². The number of nitrogens with zero attached hydrogens (tertiary/aromatic N) is 2. The van der Waals surface area contributed by atoms with Crippen LogP contribution in [0.25, 0.3) is 0 Å². The minimum absolute atomic E-state index is 0.0495. The Kier molecular flexibility index (Phi) is 8.42. The van der Waals surface area contributed by atoms with Gasteiger partial charge in [-0.05, 0) is 37.1 Å². The van der Waals surface area contributed by atoms with Gasteiger partial charge in [0.1, 0.15) is 24.0 Å². The van der Waals surface area contributed by atoms with Crippen LogP contribution in [0.1, 0.15) is 17.8 Å². The van der Waals surface area contributed by atoms with E-state index in [9.17, 15) is 5.26 Å². The number of H-pyrrole nitrogens is 1. The molecule has 2 atom stereocenters. The van der Waals surface area contributed by atoms with Gasteiger partial charge < -0.3 is 24.5 Å². The molecule has 0 spiro atoms. The van der Waals surface area contributed by atoms with Crippen molar-refractivity contribution >= 4 is 32.8 Å². The van der Waals surface area contributed by atoms with Crippen molar-refractivity contribution in [3.05, 3.63) is 52.8 Å². The molecule has 1 aromatic heterocycles. The van der Waals surface area contributed by atoms with Crippen LogP contribution < -0.4 is 10.3 Å². The number of halogens is 1. The molecule has 148 valence electrons. The van der Waals surface area contributed by atoms with Gasteiger partial charge in [0, 0.05) is 12.8 Å². The van der Waals surface area contributed by atoms with Crippen molar-refractivity contribution in [2.75, 3.05) is 13.7 Å². The highest BCUT2D eigenvalue weighted by molar-refractivity contribution is 7.26. The highest BCUT2D eigenvalue weighted by Gasteiger charge is 2.30. The van der Waals surface area contributed by atoms with Crippen LogP contribution in [0.2, 0.25) is 5.02 Å². The fraction of sp³-hybridized carbons (Fsp3) is 0.278. The second-order valence-electron chi connectivity index (χ2n) is 5.76. The van der Waals surface area contributed by atoms with Gasteiger partial charge in [0.05, 0.1) is 17.3 Å². The Morgan fingerprint density at radius 1 is 1.43 bits per heavy atom. The summed E-state index contributed by atoms with van der Waals surface area (Å²) in [4.78, 5) is 6.83. The summed E-state index contributed by atoms with van der Waals surface area (Å²) in [5, 5.41) is 17.0. The standard InChI is InChI=1S/C18H21ClN5O3P/c1-25-18(10-20,11-26-28-27-16-5-3-2-4-14(16)19)9-8-13-6-7-15(24-13)17(22)23-12-21/h2-7,12,24,28H,8-9,11H2,1H3,(H3,21,22,23). The van der Waals surface area contributed by atoms with Crippen LogP contribution in [-0.4, -0.2) is 36.5 Å². The van der Waals surface area contributed by atoms with Crippen LogP contribution in [-0.2, 0) is 15.7 Å². The van der Waals surface area contributed by atoms with Crippen molar-refractivity contribution in [1.82, 2.24) is 4.98 Å². The summed E-state index contributed by atoms with van der Waals surface area (Å²) in [7, 11) is 1.15. The number of ether oxygens (including phenoxy) is 1. The number of rotatable bonds is 11. The number of hydrogen-bond acceptors (Lipinski definition) is 5. The van der Waals surface area contributed by atoms with Crippen molar-refractivity contribution in [2.45, 2.75) is 18.4 Å². The average Bonchev–Trinajstić information content (AvgIpc) is 3.19. The Bertz CT molecular complexity index is 867. The number of amidine groups is 1. The maximum Gasteiger partial charge on any atom is 0.215 e. The summed E-state index contributed by atoms with van der Waals surface area (Å²) in [6.45, 7) is 0.0495. The number of nitriles is 1. The van der Waals surface area contributed by atoms with Gasteiger partial charge in [-0.3, -0.25) is 5.41 Å². The summed E-state index contributed by atoms with van der Waals surface area (Å²) in [5.74, 6) is 0.742. The van der Waals surface area contributed by atoms with Crippen molar-refractivity contribution in [3.8, 4) is 11.8 Å². The number of methoxy groups -OCH3 is 1. The normalized spacial score (nSPS) is 14.0. The molecule has 4 N–H and O–H groups in total. The molecule has 2 unspecified atom stereocenters. The summed E-state index contributed by atoms with van der Waals surface area (Å²) in [6, 6.07) is 12.9. The van der Waals surface area contributed by atoms with Crippen molar-refractivity contribution in [1.29, 1.82) is 10.7 Å².